The van der Waals surface area contributed by atoms with Crippen LogP contribution in [0.25, 0.3) is 11.3 Å². The number of ether oxygens (including phenoxy) is 1. The monoisotopic (exact) mass is 346 g/mol. The van der Waals surface area contributed by atoms with Crippen molar-refractivity contribution < 1.29 is 9.53 Å². The molecule has 1 aromatic carbocycles. The van der Waals surface area contributed by atoms with Gasteiger partial charge in [-0.1, -0.05) is 30.3 Å². The lowest BCUT2D eigenvalue weighted by atomic mass is 10.1. The molecule has 0 bridgehead atoms. The first-order valence-electron chi connectivity index (χ1n) is 7.88. The summed E-state index contributed by atoms with van der Waals surface area (Å²) in [5.74, 6) is 1.19. The topological polar surface area (TPSA) is 58.6 Å². The fraction of sp³-hybridized carbons (Fsp3) is 0.353. The molecule has 0 spiro atoms. The summed E-state index contributed by atoms with van der Waals surface area (Å²) in [6, 6.07) is 12.0. The van der Waals surface area contributed by atoms with E-state index in [4.69, 9.17) is 16.3 Å². The second-order valence-electron chi connectivity index (χ2n) is 5.40. The number of alkyl halides is 1. The maximum atomic E-state index is 11.8. The molecule has 2 aromatic rings. The molecule has 1 aromatic heterocycles. The number of benzene rings is 1. The van der Waals surface area contributed by atoms with Crippen molar-refractivity contribution in [1.29, 1.82) is 0 Å². The van der Waals surface area contributed by atoms with Gasteiger partial charge in [0.15, 0.2) is 0 Å². The van der Waals surface area contributed by atoms with Crippen molar-refractivity contribution in [3.8, 4) is 11.3 Å². The van der Waals surface area contributed by atoms with Crippen molar-refractivity contribution in [2.24, 2.45) is 0 Å². The zero-order chi connectivity index (χ0) is 16.8. The molecule has 0 N–H and O–H groups in total. The lowest BCUT2D eigenvalue weighted by molar-refractivity contribution is 0.105. The zero-order valence-corrected chi connectivity index (χ0v) is 14.0. The second-order valence-corrected chi connectivity index (χ2v) is 5.78. The Kier molecular flexibility index (Phi) is 5.48. The standard InChI is InChI=1S/C17H19ClN4O2/c18-6-11-24-17(23)22-9-7-21(8-10-22)16-12-15(19-13-20-16)14-4-2-1-3-5-14/h1-5,12-13H,6-11H2. The summed E-state index contributed by atoms with van der Waals surface area (Å²) in [7, 11) is 0. The first kappa shape index (κ1) is 16.5. The molecule has 6 nitrogen and oxygen atoms in total. The number of halogens is 1. The van der Waals surface area contributed by atoms with Crippen LogP contribution in [-0.4, -0.2) is 59.6 Å². The smallest absolute Gasteiger partial charge is 0.409 e. The Morgan fingerprint density at radius 3 is 2.58 bits per heavy atom. The number of hydrogen-bond acceptors (Lipinski definition) is 5. The molecule has 0 unspecified atom stereocenters. The molecule has 1 saturated heterocycles. The summed E-state index contributed by atoms with van der Waals surface area (Å²) < 4.78 is 5.06. The predicted octanol–water partition coefficient (Wildman–Crippen LogP) is 2.64. The molecule has 24 heavy (non-hydrogen) atoms. The quantitative estimate of drug-likeness (QED) is 0.796. The van der Waals surface area contributed by atoms with Crippen LogP contribution in [0.1, 0.15) is 0 Å². The lowest BCUT2D eigenvalue weighted by Crippen LogP contribution is -2.49. The van der Waals surface area contributed by atoms with Crippen molar-refractivity contribution in [1.82, 2.24) is 14.9 Å². The van der Waals surface area contributed by atoms with Crippen LogP contribution in [0.2, 0.25) is 0 Å². The van der Waals surface area contributed by atoms with Gasteiger partial charge < -0.3 is 14.5 Å². The van der Waals surface area contributed by atoms with Gasteiger partial charge >= 0.3 is 6.09 Å². The van der Waals surface area contributed by atoms with E-state index in [1.165, 1.54) is 0 Å². The molecular weight excluding hydrogens is 328 g/mol. The average molecular weight is 347 g/mol. The van der Waals surface area contributed by atoms with E-state index in [1.807, 2.05) is 36.4 Å². The van der Waals surface area contributed by atoms with Crippen molar-refractivity contribution >= 4 is 23.5 Å². The van der Waals surface area contributed by atoms with E-state index in [-0.39, 0.29) is 12.7 Å². The highest BCUT2D eigenvalue weighted by Crippen LogP contribution is 2.21. The number of amides is 1. The Bertz CT molecular complexity index is 675. The predicted molar refractivity (Wildman–Crippen MR) is 93.3 cm³/mol. The van der Waals surface area contributed by atoms with Crippen LogP contribution in [0.3, 0.4) is 0 Å². The van der Waals surface area contributed by atoms with E-state index in [9.17, 15) is 4.79 Å². The van der Waals surface area contributed by atoms with E-state index in [0.717, 1.165) is 17.1 Å². The molecule has 0 radical (unpaired) electrons. The molecule has 1 fully saturated rings. The summed E-state index contributed by atoms with van der Waals surface area (Å²) in [5, 5.41) is 0. The average Bonchev–Trinajstić information content (AvgIpc) is 2.67. The van der Waals surface area contributed by atoms with Crippen LogP contribution in [-0.2, 0) is 4.74 Å². The summed E-state index contributed by atoms with van der Waals surface area (Å²) >= 11 is 5.53. The van der Waals surface area contributed by atoms with Crippen LogP contribution in [0.5, 0.6) is 0 Å². The number of anilines is 1. The summed E-state index contributed by atoms with van der Waals surface area (Å²) in [6.45, 7) is 2.87. The van der Waals surface area contributed by atoms with Gasteiger partial charge in [-0.2, -0.15) is 0 Å². The number of carbonyl (C=O) groups excluding carboxylic acids is 1. The van der Waals surface area contributed by atoms with Gasteiger partial charge in [0.2, 0.25) is 0 Å². The summed E-state index contributed by atoms with van der Waals surface area (Å²) in [4.78, 5) is 24.4. The maximum absolute atomic E-state index is 11.8. The van der Waals surface area contributed by atoms with Crippen LogP contribution < -0.4 is 4.90 Å². The number of rotatable bonds is 4. The van der Waals surface area contributed by atoms with E-state index < -0.39 is 0 Å². The third-order valence-electron chi connectivity index (χ3n) is 3.89. The molecule has 2 heterocycles. The molecule has 0 saturated carbocycles. The van der Waals surface area contributed by atoms with Crippen molar-refractivity contribution in [3.63, 3.8) is 0 Å². The van der Waals surface area contributed by atoms with Crippen LogP contribution in [0.15, 0.2) is 42.7 Å². The second kappa shape index (κ2) is 7.97. The van der Waals surface area contributed by atoms with Gasteiger partial charge in [-0.25, -0.2) is 14.8 Å². The molecule has 7 heteroatoms. The minimum absolute atomic E-state index is 0.243. The Morgan fingerprint density at radius 1 is 1.12 bits per heavy atom. The van der Waals surface area contributed by atoms with Gasteiger partial charge in [0, 0.05) is 37.8 Å². The number of nitrogens with zero attached hydrogens (tertiary/aromatic N) is 4. The number of piperazine rings is 1. The Balaban J connectivity index is 1.64. The molecule has 3 rings (SSSR count). The maximum Gasteiger partial charge on any atom is 0.409 e. The van der Waals surface area contributed by atoms with Crippen LogP contribution in [0, 0.1) is 0 Å². The summed E-state index contributed by atoms with van der Waals surface area (Å²) in [5.41, 5.74) is 1.95. The molecule has 1 amide bonds. The van der Waals surface area contributed by atoms with Crippen molar-refractivity contribution in [2.45, 2.75) is 0 Å². The number of hydrogen-bond donors (Lipinski definition) is 0. The first-order valence-corrected chi connectivity index (χ1v) is 8.41. The van der Waals surface area contributed by atoms with E-state index in [0.29, 0.717) is 32.1 Å². The first-order chi connectivity index (χ1) is 11.8. The van der Waals surface area contributed by atoms with Crippen molar-refractivity contribution in [2.75, 3.05) is 43.6 Å². The van der Waals surface area contributed by atoms with E-state index in [2.05, 4.69) is 14.9 Å². The number of aromatic nitrogens is 2. The van der Waals surface area contributed by atoms with Crippen LogP contribution >= 0.6 is 11.6 Å². The third-order valence-corrected chi connectivity index (χ3v) is 4.04. The third kappa shape index (κ3) is 3.94. The lowest BCUT2D eigenvalue weighted by Gasteiger charge is -2.34. The van der Waals surface area contributed by atoms with E-state index in [1.54, 1.807) is 11.2 Å². The molecule has 1 aliphatic rings. The van der Waals surface area contributed by atoms with Gasteiger partial charge in [0.05, 0.1) is 11.6 Å². The fourth-order valence-corrected chi connectivity index (χ4v) is 2.70. The molecule has 1 aliphatic heterocycles. The minimum atomic E-state index is -0.303. The van der Waals surface area contributed by atoms with E-state index >= 15 is 0 Å². The highest BCUT2D eigenvalue weighted by Gasteiger charge is 2.23. The zero-order valence-electron chi connectivity index (χ0n) is 13.3. The SMILES string of the molecule is O=C(OCCCl)N1CCN(c2cc(-c3ccccc3)ncn2)CC1. The van der Waals surface area contributed by atoms with Gasteiger partial charge in [0.1, 0.15) is 18.8 Å². The van der Waals surface area contributed by atoms with Gasteiger partial charge in [-0.15, -0.1) is 11.6 Å². The minimum Gasteiger partial charge on any atom is -0.448 e. The van der Waals surface area contributed by atoms with Crippen molar-refractivity contribution in [3.05, 3.63) is 42.7 Å². The van der Waals surface area contributed by atoms with Gasteiger partial charge in [-0.05, 0) is 0 Å². The summed E-state index contributed by atoms with van der Waals surface area (Å²) in [6.07, 6.45) is 1.28. The fourth-order valence-electron chi connectivity index (χ4n) is 2.62. The van der Waals surface area contributed by atoms with Gasteiger partial charge in [-0.3, -0.25) is 0 Å². The highest BCUT2D eigenvalue weighted by atomic mass is 35.5. The molecule has 0 atom stereocenters. The molecule has 0 aliphatic carbocycles. The Morgan fingerprint density at radius 2 is 1.88 bits per heavy atom. The largest absolute Gasteiger partial charge is 0.448 e. The van der Waals surface area contributed by atoms with Gasteiger partial charge in [0.25, 0.3) is 0 Å². The number of carbonyl (C=O) groups is 1. The highest BCUT2D eigenvalue weighted by molar-refractivity contribution is 6.18. The molecule has 126 valence electrons. The van der Waals surface area contributed by atoms with Crippen LogP contribution in [0.4, 0.5) is 10.6 Å². The Hall–Kier alpha value is -2.34. The molecular formula is C17H19ClN4O2. The Labute approximate surface area is 146 Å². The normalized spacial score (nSPS) is 14.5.